The van der Waals surface area contributed by atoms with E-state index in [9.17, 15) is 8.78 Å². The topological polar surface area (TPSA) is 41.1 Å². The summed E-state index contributed by atoms with van der Waals surface area (Å²) in [7, 11) is 0. The fraction of sp³-hybridized carbons (Fsp3) is 0.500. The molecule has 0 aliphatic carbocycles. The van der Waals surface area contributed by atoms with Crippen LogP contribution in [0.25, 0.3) is 0 Å². The van der Waals surface area contributed by atoms with Gasteiger partial charge >= 0.3 is 0 Å². The summed E-state index contributed by atoms with van der Waals surface area (Å²) >= 11 is 0. The first-order valence-corrected chi connectivity index (χ1v) is 9.35. The molecule has 4 nitrogen and oxygen atoms in total. The van der Waals surface area contributed by atoms with Crippen LogP contribution in [0, 0.1) is 17.6 Å². The van der Waals surface area contributed by atoms with E-state index < -0.39 is 11.6 Å². The number of rotatable bonds is 7. The van der Waals surface area contributed by atoms with E-state index in [4.69, 9.17) is 0 Å². The van der Waals surface area contributed by atoms with Crippen LogP contribution in [-0.4, -0.2) is 34.5 Å². The quantitative estimate of drug-likeness (QED) is 0.809. The van der Waals surface area contributed by atoms with Crippen molar-refractivity contribution < 1.29 is 8.78 Å². The maximum Gasteiger partial charge on any atom is 0.222 e. The smallest absolute Gasteiger partial charge is 0.222 e. The number of likely N-dealkylation sites (tertiary alicyclic amines) is 1. The zero-order valence-electron chi connectivity index (χ0n) is 15.2. The summed E-state index contributed by atoms with van der Waals surface area (Å²) in [5.41, 5.74) is 1.31. The molecular formula is C20H26F2N4. The first-order valence-electron chi connectivity index (χ1n) is 9.35. The van der Waals surface area contributed by atoms with Gasteiger partial charge in [0.1, 0.15) is 11.6 Å². The van der Waals surface area contributed by atoms with Gasteiger partial charge in [0, 0.05) is 43.2 Å². The predicted octanol–water partition coefficient (Wildman–Crippen LogP) is 4.03. The lowest BCUT2D eigenvalue weighted by Gasteiger charge is -2.32. The average Bonchev–Trinajstić information content (AvgIpc) is 2.64. The number of nitrogens with one attached hydrogen (secondary N) is 1. The molecule has 2 heterocycles. The van der Waals surface area contributed by atoms with E-state index in [2.05, 4.69) is 20.2 Å². The lowest BCUT2D eigenvalue weighted by Crippen LogP contribution is -2.35. The number of halogens is 2. The van der Waals surface area contributed by atoms with Gasteiger partial charge in [0.2, 0.25) is 5.95 Å². The Morgan fingerprint density at radius 1 is 1.19 bits per heavy atom. The van der Waals surface area contributed by atoms with E-state index >= 15 is 0 Å². The molecule has 1 saturated heterocycles. The Morgan fingerprint density at radius 3 is 2.62 bits per heavy atom. The van der Waals surface area contributed by atoms with Gasteiger partial charge in [-0.15, -0.1) is 0 Å². The van der Waals surface area contributed by atoms with Crippen molar-refractivity contribution in [2.45, 2.75) is 39.2 Å². The number of hydrogen-bond acceptors (Lipinski definition) is 4. The van der Waals surface area contributed by atoms with Crippen LogP contribution in [0.3, 0.4) is 0 Å². The number of anilines is 1. The van der Waals surface area contributed by atoms with Crippen molar-refractivity contribution in [1.82, 2.24) is 14.9 Å². The molecule has 0 bridgehead atoms. The Morgan fingerprint density at radius 2 is 1.92 bits per heavy atom. The lowest BCUT2D eigenvalue weighted by atomic mass is 9.91. The van der Waals surface area contributed by atoms with E-state index in [0.717, 1.165) is 51.0 Å². The van der Waals surface area contributed by atoms with Crippen molar-refractivity contribution in [3.8, 4) is 0 Å². The van der Waals surface area contributed by atoms with E-state index in [1.54, 1.807) is 0 Å². The van der Waals surface area contributed by atoms with Gasteiger partial charge in [-0.05, 0) is 57.2 Å². The van der Waals surface area contributed by atoms with Gasteiger partial charge in [-0.25, -0.2) is 18.7 Å². The first-order chi connectivity index (χ1) is 12.7. The summed E-state index contributed by atoms with van der Waals surface area (Å²) in [6.07, 6.45) is 7.22. The highest BCUT2D eigenvalue weighted by molar-refractivity contribution is 5.24. The van der Waals surface area contributed by atoms with Crippen molar-refractivity contribution in [1.29, 1.82) is 0 Å². The van der Waals surface area contributed by atoms with Crippen LogP contribution in [-0.2, 0) is 13.0 Å². The van der Waals surface area contributed by atoms with Crippen molar-refractivity contribution >= 4 is 5.95 Å². The summed E-state index contributed by atoms with van der Waals surface area (Å²) < 4.78 is 27.6. The molecule has 1 aliphatic rings. The van der Waals surface area contributed by atoms with E-state index in [1.807, 2.05) is 19.3 Å². The molecule has 1 fully saturated rings. The van der Waals surface area contributed by atoms with Crippen LogP contribution in [0.1, 0.15) is 37.3 Å². The predicted molar refractivity (Wildman–Crippen MR) is 98.9 cm³/mol. The molecule has 1 aliphatic heterocycles. The van der Waals surface area contributed by atoms with Crippen molar-refractivity contribution in [3.63, 3.8) is 0 Å². The second kappa shape index (κ2) is 9.03. The molecular weight excluding hydrogens is 334 g/mol. The minimum absolute atomic E-state index is 0.219. The molecule has 0 unspecified atom stereocenters. The van der Waals surface area contributed by atoms with E-state index in [-0.39, 0.29) is 5.56 Å². The van der Waals surface area contributed by atoms with Crippen LogP contribution in [0.15, 0.2) is 30.6 Å². The Bertz CT molecular complexity index is 685. The van der Waals surface area contributed by atoms with Gasteiger partial charge in [0.05, 0.1) is 0 Å². The number of hydrogen-bond donors (Lipinski definition) is 1. The number of benzene rings is 1. The van der Waals surface area contributed by atoms with Gasteiger partial charge < -0.3 is 5.32 Å². The molecule has 3 rings (SSSR count). The SMILES string of the molecule is CCNc1ncc(CN2CCC[C@@H](CCc3c(F)cccc3F)C2)cn1. The number of nitrogens with zero attached hydrogens (tertiary/aromatic N) is 3. The van der Waals surface area contributed by atoms with Crippen LogP contribution in [0.2, 0.25) is 0 Å². The van der Waals surface area contributed by atoms with Gasteiger partial charge in [0.25, 0.3) is 0 Å². The Hall–Kier alpha value is -2.08. The van der Waals surface area contributed by atoms with Crippen molar-refractivity contribution in [3.05, 3.63) is 53.4 Å². The summed E-state index contributed by atoms with van der Waals surface area (Å²) in [6.45, 7) is 5.62. The highest BCUT2D eigenvalue weighted by Crippen LogP contribution is 2.24. The van der Waals surface area contributed by atoms with Crippen molar-refractivity contribution in [2.75, 3.05) is 25.0 Å². The Balaban J connectivity index is 1.52. The molecule has 140 valence electrons. The van der Waals surface area contributed by atoms with Gasteiger partial charge in [-0.2, -0.15) is 0 Å². The second-order valence-electron chi connectivity index (χ2n) is 6.93. The zero-order chi connectivity index (χ0) is 18.4. The van der Waals surface area contributed by atoms with E-state index in [1.165, 1.54) is 18.2 Å². The van der Waals surface area contributed by atoms with Crippen LogP contribution >= 0.6 is 0 Å². The minimum Gasteiger partial charge on any atom is -0.355 e. The molecule has 0 amide bonds. The number of piperidine rings is 1. The third-order valence-corrected chi connectivity index (χ3v) is 4.91. The zero-order valence-corrected chi connectivity index (χ0v) is 15.2. The number of aromatic nitrogens is 2. The summed E-state index contributed by atoms with van der Waals surface area (Å²) in [4.78, 5) is 11.0. The molecule has 6 heteroatoms. The molecule has 1 aromatic heterocycles. The van der Waals surface area contributed by atoms with Gasteiger partial charge in [-0.1, -0.05) is 6.07 Å². The summed E-state index contributed by atoms with van der Waals surface area (Å²) in [6, 6.07) is 4.09. The fourth-order valence-electron chi connectivity index (χ4n) is 3.59. The molecule has 1 N–H and O–H groups in total. The molecule has 0 saturated carbocycles. The molecule has 0 radical (unpaired) electrons. The fourth-order valence-corrected chi connectivity index (χ4v) is 3.59. The maximum atomic E-state index is 13.8. The maximum absolute atomic E-state index is 13.8. The van der Waals surface area contributed by atoms with Crippen LogP contribution in [0.4, 0.5) is 14.7 Å². The Labute approximate surface area is 153 Å². The largest absolute Gasteiger partial charge is 0.355 e. The van der Waals surface area contributed by atoms with Crippen LogP contribution < -0.4 is 5.32 Å². The second-order valence-corrected chi connectivity index (χ2v) is 6.93. The first kappa shape index (κ1) is 18.7. The average molecular weight is 360 g/mol. The Kier molecular flexibility index (Phi) is 6.50. The highest BCUT2D eigenvalue weighted by atomic mass is 19.1. The summed E-state index contributed by atoms with van der Waals surface area (Å²) in [5, 5.41) is 3.09. The third kappa shape index (κ3) is 4.97. The third-order valence-electron chi connectivity index (χ3n) is 4.91. The standard InChI is InChI=1S/C20H26F2N4/c1-2-23-20-24-11-16(12-25-20)14-26-10-4-5-15(13-26)8-9-17-18(21)6-3-7-19(17)22/h3,6-7,11-12,15H,2,4-5,8-10,13-14H2,1H3,(H,23,24,25)/t15-/m0/s1. The molecule has 1 atom stereocenters. The van der Waals surface area contributed by atoms with Crippen molar-refractivity contribution in [2.24, 2.45) is 5.92 Å². The lowest BCUT2D eigenvalue weighted by molar-refractivity contribution is 0.161. The molecule has 1 aromatic carbocycles. The molecule has 26 heavy (non-hydrogen) atoms. The minimum atomic E-state index is -0.435. The highest BCUT2D eigenvalue weighted by Gasteiger charge is 2.21. The van der Waals surface area contributed by atoms with Gasteiger partial charge in [-0.3, -0.25) is 4.90 Å². The van der Waals surface area contributed by atoms with Crippen LogP contribution in [0.5, 0.6) is 0 Å². The van der Waals surface area contributed by atoms with E-state index in [0.29, 0.717) is 18.3 Å². The summed E-state index contributed by atoms with van der Waals surface area (Å²) in [5.74, 6) is 0.246. The normalized spacial score (nSPS) is 18.0. The molecule has 2 aromatic rings. The molecule has 0 spiro atoms. The monoisotopic (exact) mass is 360 g/mol. The van der Waals surface area contributed by atoms with Gasteiger partial charge in [0.15, 0.2) is 0 Å².